The number of ether oxygens (including phenoxy) is 1. The second kappa shape index (κ2) is 10.6. The van der Waals surface area contributed by atoms with Gasteiger partial charge in [0, 0.05) is 38.3 Å². The third-order valence-corrected chi connectivity index (χ3v) is 6.05. The molecule has 0 N–H and O–H groups in total. The number of benzene rings is 2. The van der Waals surface area contributed by atoms with E-state index in [4.69, 9.17) is 4.74 Å². The number of amides is 1. The van der Waals surface area contributed by atoms with Gasteiger partial charge in [-0.05, 0) is 69.3 Å². The van der Waals surface area contributed by atoms with Crippen molar-refractivity contribution in [3.8, 4) is 5.75 Å². The van der Waals surface area contributed by atoms with E-state index in [-0.39, 0.29) is 11.9 Å². The Morgan fingerprint density at radius 2 is 1.73 bits per heavy atom. The molecule has 0 saturated carbocycles. The Morgan fingerprint density at radius 3 is 2.40 bits per heavy atom. The number of hydrogen-bond acceptors (Lipinski definition) is 4. The molecule has 1 aliphatic rings. The van der Waals surface area contributed by atoms with Crippen molar-refractivity contribution in [2.24, 2.45) is 0 Å². The molecule has 5 nitrogen and oxygen atoms in total. The highest BCUT2D eigenvalue weighted by molar-refractivity contribution is 5.94. The first-order valence-corrected chi connectivity index (χ1v) is 11.0. The van der Waals surface area contributed by atoms with Crippen LogP contribution in [0.2, 0.25) is 0 Å². The second-order valence-electron chi connectivity index (χ2n) is 7.97. The van der Waals surface area contributed by atoms with Crippen molar-refractivity contribution in [3.63, 3.8) is 0 Å². The van der Waals surface area contributed by atoms with Gasteiger partial charge in [0.2, 0.25) is 0 Å². The van der Waals surface area contributed by atoms with Gasteiger partial charge in [-0.15, -0.1) is 0 Å². The summed E-state index contributed by atoms with van der Waals surface area (Å²) >= 11 is 0. The molecule has 162 valence electrons. The van der Waals surface area contributed by atoms with Gasteiger partial charge >= 0.3 is 0 Å². The van der Waals surface area contributed by atoms with Crippen LogP contribution in [0.4, 0.5) is 0 Å². The number of carbonyl (C=O) groups excluding carboxylic acids is 1. The van der Waals surface area contributed by atoms with Crippen LogP contribution < -0.4 is 4.74 Å². The molecule has 1 amide bonds. The summed E-state index contributed by atoms with van der Waals surface area (Å²) in [5.41, 5.74) is 3.19. The predicted octanol–water partition coefficient (Wildman–Crippen LogP) is 3.90. The summed E-state index contributed by atoms with van der Waals surface area (Å²) in [6.45, 7) is 9.73. The fourth-order valence-electron chi connectivity index (χ4n) is 4.25. The number of likely N-dealkylation sites (N-methyl/N-ethyl adjacent to an activating group) is 1. The monoisotopic (exact) mass is 409 g/mol. The minimum Gasteiger partial charge on any atom is -0.497 e. The van der Waals surface area contributed by atoms with Crippen molar-refractivity contribution in [1.82, 2.24) is 14.7 Å². The maximum Gasteiger partial charge on any atom is 0.253 e. The molecular weight excluding hydrogens is 374 g/mol. The molecule has 3 rings (SSSR count). The number of rotatable bonds is 7. The Hall–Kier alpha value is -2.37. The molecule has 1 fully saturated rings. The molecular formula is C25H35N3O2. The lowest BCUT2D eigenvalue weighted by atomic mass is 9.95. The van der Waals surface area contributed by atoms with Gasteiger partial charge in [-0.25, -0.2) is 0 Å². The second-order valence-corrected chi connectivity index (χ2v) is 7.97. The largest absolute Gasteiger partial charge is 0.497 e. The molecule has 1 heterocycles. The Morgan fingerprint density at radius 1 is 1.00 bits per heavy atom. The quantitative estimate of drug-likeness (QED) is 0.695. The van der Waals surface area contributed by atoms with E-state index in [0.717, 1.165) is 57.0 Å². The summed E-state index contributed by atoms with van der Waals surface area (Å²) in [5.74, 6) is 0.971. The van der Waals surface area contributed by atoms with Crippen LogP contribution >= 0.6 is 0 Å². The van der Waals surface area contributed by atoms with Crippen LogP contribution in [-0.4, -0.2) is 74.0 Å². The minimum atomic E-state index is 0.0980. The molecule has 0 spiro atoms. The Kier molecular flexibility index (Phi) is 7.88. The summed E-state index contributed by atoms with van der Waals surface area (Å²) < 4.78 is 5.49. The fourth-order valence-corrected chi connectivity index (χ4v) is 4.25. The van der Waals surface area contributed by atoms with Crippen LogP contribution in [0.25, 0.3) is 0 Å². The molecule has 0 bridgehead atoms. The van der Waals surface area contributed by atoms with Crippen molar-refractivity contribution in [3.05, 3.63) is 65.2 Å². The third kappa shape index (κ3) is 5.21. The Balaban J connectivity index is 1.94. The highest BCUT2D eigenvalue weighted by Crippen LogP contribution is 2.32. The van der Waals surface area contributed by atoms with Crippen LogP contribution in [0.5, 0.6) is 5.75 Å². The summed E-state index contributed by atoms with van der Waals surface area (Å²) in [6, 6.07) is 16.7. The van der Waals surface area contributed by atoms with Gasteiger partial charge in [0.15, 0.2) is 0 Å². The predicted molar refractivity (Wildman–Crippen MR) is 122 cm³/mol. The average Bonchev–Trinajstić information content (AvgIpc) is 3.00. The maximum atomic E-state index is 12.7. The minimum absolute atomic E-state index is 0.0980. The van der Waals surface area contributed by atoms with Crippen LogP contribution in [0.1, 0.15) is 47.8 Å². The van der Waals surface area contributed by atoms with E-state index in [1.807, 2.05) is 36.9 Å². The van der Waals surface area contributed by atoms with E-state index < -0.39 is 0 Å². The van der Waals surface area contributed by atoms with Gasteiger partial charge in [-0.2, -0.15) is 0 Å². The standard InChI is InChI=1S/C25H35N3O2/c1-5-27(6-2)25(29)21-13-11-20(12-14-21)24(22-9-7-10-23(19-22)30-4)28-16-8-15-26(3)17-18-28/h7,9-14,19,24H,5-6,8,15-18H2,1-4H3. The zero-order valence-corrected chi connectivity index (χ0v) is 18.8. The van der Waals surface area contributed by atoms with E-state index in [0.29, 0.717) is 0 Å². The first kappa shape index (κ1) is 22.3. The lowest BCUT2D eigenvalue weighted by molar-refractivity contribution is 0.0773. The van der Waals surface area contributed by atoms with E-state index in [1.54, 1.807) is 7.11 Å². The number of methoxy groups -OCH3 is 1. The molecule has 2 aromatic rings. The lowest BCUT2D eigenvalue weighted by Gasteiger charge is -2.32. The summed E-state index contributed by atoms with van der Waals surface area (Å²) in [7, 11) is 3.90. The van der Waals surface area contributed by atoms with E-state index in [9.17, 15) is 4.79 Å². The molecule has 1 saturated heterocycles. The molecule has 2 aromatic carbocycles. The molecule has 0 aromatic heterocycles. The Labute approximate surface area is 181 Å². The van der Waals surface area contributed by atoms with Crippen molar-refractivity contribution < 1.29 is 9.53 Å². The van der Waals surface area contributed by atoms with Crippen molar-refractivity contribution in [2.45, 2.75) is 26.3 Å². The highest BCUT2D eigenvalue weighted by atomic mass is 16.5. The smallest absolute Gasteiger partial charge is 0.253 e. The lowest BCUT2D eigenvalue weighted by Crippen LogP contribution is -2.33. The van der Waals surface area contributed by atoms with Gasteiger partial charge in [0.05, 0.1) is 13.2 Å². The van der Waals surface area contributed by atoms with Gasteiger partial charge in [0.25, 0.3) is 5.91 Å². The number of nitrogens with zero attached hydrogens (tertiary/aromatic N) is 3. The zero-order valence-electron chi connectivity index (χ0n) is 18.8. The summed E-state index contributed by atoms with van der Waals surface area (Å²) in [6.07, 6.45) is 1.15. The van der Waals surface area contributed by atoms with E-state index >= 15 is 0 Å². The normalized spacial score (nSPS) is 16.7. The zero-order chi connectivity index (χ0) is 21.5. The maximum absolute atomic E-state index is 12.7. The molecule has 30 heavy (non-hydrogen) atoms. The first-order chi connectivity index (χ1) is 14.6. The number of carbonyl (C=O) groups is 1. The van der Waals surface area contributed by atoms with E-state index in [2.05, 4.69) is 47.2 Å². The Bertz CT molecular complexity index is 817. The van der Waals surface area contributed by atoms with Crippen molar-refractivity contribution in [2.75, 3.05) is 53.4 Å². The average molecular weight is 410 g/mol. The fraction of sp³-hybridized carbons (Fsp3) is 0.480. The van der Waals surface area contributed by atoms with Crippen LogP contribution in [0, 0.1) is 0 Å². The summed E-state index contributed by atoms with van der Waals surface area (Å²) in [5, 5.41) is 0. The van der Waals surface area contributed by atoms with Crippen LogP contribution in [0.3, 0.4) is 0 Å². The molecule has 5 heteroatoms. The van der Waals surface area contributed by atoms with Crippen LogP contribution in [0.15, 0.2) is 48.5 Å². The summed E-state index contributed by atoms with van der Waals surface area (Å²) in [4.78, 5) is 19.5. The first-order valence-electron chi connectivity index (χ1n) is 11.0. The molecule has 1 unspecified atom stereocenters. The van der Waals surface area contributed by atoms with Crippen LogP contribution in [-0.2, 0) is 0 Å². The number of hydrogen-bond donors (Lipinski definition) is 0. The van der Waals surface area contributed by atoms with Gasteiger partial charge in [-0.1, -0.05) is 24.3 Å². The molecule has 0 radical (unpaired) electrons. The van der Waals surface area contributed by atoms with E-state index in [1.165, 1.54) is 11.1 Å². The van der Waals surface area contributed by atoms with Crippen molar-refractivity contribution in [1.29, 1.82) is 0 Å². The SMILES string of the molecule is CCN(CC)C(=O)c1ccc(C(c2cccc(OC)c2)N2CCCN(C)CC2)cc1. The van der Waals surface area contributed by atoms with Gasteiger partial charge in [-0.3, -0.25) is 9.69 Å². The highest BCUT2D eigenvalue weighted by Gasteiger charge is 2.25. The molecule has 1 aliphatic heterocycles. The molecule has 1 atom stereocenters. The van der Waals surface area contributed by atoms with Gasteiger partial charge < -0.3 is 14.5 Å². The topological polar surface area (TPSA) is 36.0 Å². The third-order valence-electron chi connectivity index (χ3n) is 6.05. The van der Waals surface area contributed by atoms with Crippen molar-refractivity contribution >= 4 is 5.91 Å². The molecule has 0 aliphatic carbocycles. The van der Waals surface area contributed by atoms with Gasteiger partial charge in [0.1, 0.15) is 5.75 Å².